The van der Waals surface area contributed by atoms with Gasteiger partial charge in [-0.25, -0.2) is 8.78 Å². The molecule has 1 aliphatic rings. The van der Waals surface area contributed by atoms with Crippen molar-refractivity contribution in [1.82, 2.24) is 14.3 Å². The van der Waals surface area contributed by atoms with E-state index in [0.717, 1.165) is 23.3 Å². The monoisotopic (exact) mass is 387 g/mol. The summed E-state index contributed by atoms with van der Waals surface area (Å²) in [7, 11) is 2.01. The van der Waals surface area contributed by atoms with Gasteiger partial charge in [0.05, 0.1) is 12.6 Å². The molecule has 0 radical (unpaired) electrons. The molecule has 1 heterocycles. The smallest absolute Gasteiger partial charge is 0.203 e. The second kappa shape index (κ2) is 7.32. The molecule has 0 spiro atoms. The zero-order valence-electron chi connectivity index (χ0n) is 15.0. The van der Waals surface area contributed by atoms with Crippen molar-refractivity contribution >= 4 is 12.2 Å². The van der Waals surface area contributed by atoms with Crippen LogP contribution in [-0.4, -0.2) is 21.4 Å². The predicted octanol–water partition coefficient (Wildman–Crippen LogP) is 3.37. The van der Waals surface area contributed by atoms with Gasteiger partial charge < -0.3 is 4.90 Å². The van der Waals surface area contributed by atoms with E-state index in [1.165, 1.54) is 18.2 Å². The summed E-state index contributed by atoms with van der Waals surface area (Å²) in [6.45, 7) is 1.17. The van der Waals surface area contributed by atoms with Crippen LogP contribution in [-0.2, 0) is 13.2 Å². The van der Waals surface area contributed by atoms with E-state index in [0.29, 0.717) is 35.4 Å². The van der Waals surface area contributed by atoms with Crippen molar-refractivity contribution in [2.75, 3.05) is 7.05 Å². The predicted molar refractivity (Wildman–Crippen MR) is 102 cm³/mol. The van der Waals surface area contributed by atoms with Gasteiger partial charge in [0.1, 0.15) is 18.2 Å². The average Bonchev–Trinajstić information content (AvgIpc) is 3.41. The van der Waals surface area contributed by atoms with E-state index < -0.39 is 0 Å². The summed E-state index contributed by atoms with van der Waals surface area (Å²) in [6, 6.07) is 13.5. The quantitative estimate of drug-likeness (QED) is 0.657. The van der Waals surface area contributed by atoms with Gasteiger partial charge in [-0.15, -0.1) is 5.10 Å². The number of rotatable bonds is 6. The van der Waals surface area contributed by atoms with E-state index in [2.05, 4.69) is 5.10 Å². The normalized spacial score (nSPS) is 15.1. The van der Waals surface area contributed by atoms with Crippen molar-refractivity contribution in [3.63, 3.8) is 0 Å². The first kappa shape index (κ1) is 18.0. The van der Waals surface area contributed by atoms with E-state index in [1.54, 1.807) is 28.9 Å². The molecule has 0 amide bonds. The molecule has 1 aliphatic carbocycles. The van der Waals surface area contributed by atoms with Gasteiger partial charge in [-0.05, 0) is 49.3 Å². The number of hydrogen-bond acceptors (Lipinski definition) is 2. The third-order valence-electron chi connectivity index (χ3n) is 4.71. The fraction of sp³-hybridized carbons (Fsp3) is 0.300. The fourth-order valence-electron chi connectivity index (χ4n) is 3.32. The number of aromatic nitrogens is 3. The molecule has 27 heavy (non-hydrogen) atoms. The highest BCUT2D eigenvalue weighted by Gasteiger charge is 2.30. The summed E-state index contributed by atoms with van der Waals surface area (Å²) in [5, 5.41) is 4.64. The van der Waals surface area contributed by atoms with Crippen LogP contribution in [0.1, 0.15) is 24.4 Å². The Morgan fingerprint density at radius 2 is 1.93 bits per heavy atom. The molecule has 4 nitrogen and oxygen atoms in total. The molecule has 1 N–H and O–H groups in total. The van der Waals surface area contributed by atoms with Gasteiger partial charge in [-0.3, -0.25) is 4.57 Å². The third kappa shape index (κ3) is 3.84. The van der Waals surface area contributed by atoms with Crippen molar-refractivity contribution in [1.29, 1.82) is 0 Å². The molecule has 2 aromatic carbocycles. The van der Waals surface area contributed by atoms with E-state index in [4.69, 9.17) is 12.2 Å². The summed E-state index contributed by atoms with van der Waals surface area (Å²) in [6.07, 6.45) is 2.07. The van der Waals surface area contributed by atoms with Gasteiger partial charge >= 0.3 is 0 Å². The number of hydrogen-bond donors (Lipinski definition) is 1. The number of quaternary nitrogens is 1. The Bertz CT molecular complexity index is 1020. The Morgan fingerprint density at radius 1 is 1.15 bits per heavy atom. The molecular weight excluding hydrogens is 366 g/mol. The molecule has 3 aromatic rings. The van der Waals surface area contributed by atoms with E-state index in [1.807, 2.05) is 17.7 Å². The van der Waals surface area contributed by atoms with Gasteiger partial charge in [0, 0.05) is 11.6 Å². The summed E-state index contributed by atoms with van der Waals surface area (Å²) < 4.78 is 32.1. The number of nitrogens with zero attached hydrogens (tertiary/aromatic N) is 3. The molecule has 1 saturated carbocycles. The first-order valence-electron chi connectivity index (χ1n) is 9.03. The molecule has 4 rings (SSSR count). The highest BCUT2D eigenvalue weighted by Crippen LogP contribution is 2.38. The van der Waals surface area contributed by atoms with Crippen LogP contribution in [0.15, 0.2) is 48.5 Å². The second-order valence-corrected chi connectivity index (χ2v) is 7.47. The summed E-state index contributed by atoms with van der Waals surface area (Å²) in [5.74, 6) is 0.0444. The maximum Gasteiger partial charge on any atom is 0.203 e. The third-order valence-corrected chi connectivity index (χ3v) is 5.12. The molecule has 1 aromatic heterocycles. The van der Waals surface area contributed by atoms with Crippen molar-refractivity contribution in [2.45, 2.75) is 32.1 Å². The standard InChI is InChI=1S/C20H20F2N4S/c1-24(12-14-5-4-6-15(21)11-14)13-25-20(27)26(16-9-10-16)19(23-25)17-7-2-3-8-18(17)22/h2-8,11,16H,9-10,12-13H2,1H3/p+1. The minimum absolute atomic E-state index is 0.239. The van der Waals surface area contributed by atoms with Crippen LogP contribution in [0.4, 0.5) is 8.78 Å². The second-order valence-electron chi connectivity index (χ2n) is 7.11. The zero-order valence-corrected chi connectivity index (χ0v) is 15.8. The Labute approximate surface area is 161 Å². The Morgan fingerprint density at radius 3 is 2.63 bits per heavy atom. The topological polar surface area (TPSA) is 27.2 Å². The molecule has 1 atom stereocenters. The van der Waals surface area contributed by atoms with Crippen molar-refractivity contribution in [2.24, 2.45) is 0 Å². The van der Waals surface area contributed by atoms with Crippen LogP contribution in [0.5, 0.6) is 0 Å². The highest BCUT2D eigenvalue weighted by atomic mass is 32.1. The minimum atomic E-state index is -0.299. The molecule has 0 bridgehead atoms. The zero-order chi connectivity index (χ0) is 19.0. The van der Waals surface area contributed by atoms with Crippen LogP contribution in [0.25, 0.3) is 11.4 Å². The van der Waals surface area contributed by atoms with Gasteiger partial charge in [-0.1, -0.05) is 24.3 Å². The summed E-state index contributed by atoms with van der Waals surface area (Å²) in [5.41, 5.74) is 1.38. The number of nitrogens with one attached hydrogen (secondary N) is 1. The molecule has 1 unspecified atom stereocenters. The summed E-state index contributed by atoms with van der Waals surface area (Å²) in [4.78, 5) is 1.11. The van der Waals surface area contributed by atoms with Gasteiger partial charge in [-0.2, -0.15) is 4.68 Å². The lowest BCUT2D eigenvalue weighted by molar-refractivity contribution is -0.917. The lowest BCUT2D eigenvalue weighted by Crippen LogP contribution is -3.07. The van der Waals surface area contributed by atoms with Crippen LogP contribution in [0.2, 0.25) is 0 Å². The average molecular weight is 387 g/mol. The first-order chi connectivity index (χ1) is 13.0. The SMILES string of the molecule is C[NH+](Cc1cccc(F)c1)Cn1nc(-c2ccccc2F)n(C2CC2)c1=S. The number of benzene rings is 2. The molecule has 0 aliphatic heterocycles. The lowest BCUT2D eigenvalue weighted by atomic mass is 10.2. The Balaban J connectivity index is 1.63. The molecule has 1 fully saturated rings. The Hall–Kier alpha value is -2.38. The largest absolute Gasteiger partial charge is 0.315 e. The maximum atomic E-state index is 14.3. The van der Waals surface area contributed by atoms with E-state index in [9.17, 15) is 8.78 Å². The van der Waals surface area contributed by atoms with Gasteiger partial charge in [0.15, 0.2) is 12.5 Å². The van der Waals surface area contributed by atoms with Crippen LogP contribution in [0.3, 0.4) is 0 Å². The van der Waals surface area contributed by atoms with E-state index >= 15 is 0 Å². The fourth-order valence-corrected chi connectivity index (χ4v) is 3.66. The lowest BCUT2D eigenvalue weighted by Gasteiger charge is -2.13. The van der Waals surface area contributed by atoms with Gasteiger partial charge in [0.2, 0.25) is 4.77 Å². The van der Waals surface area contributed by atoms with Crippen molar-refractivity contribution < 1.29 is 13.7 Å². The summed E-state index contributed by atoms with van der Waals surface area (Å²) >= 11 is 5.64. The van der Waals surface area contributed by atoms with Crippen molar-refractivity contribution in [3.8, 4) is 11.4 Å². The highest BCUT2D eigenvalue weighted by molar-refractivity contribution is 7.71. The van der Waals surface area contributed by atoms with Crippen LogP contribution < -0.4 is 4.90 Å². The number of halogens is 2. The Kier molecular flexibility index (Phi) is 4.88. The molecule has 140 valence electrons. The van der Waals surface area contributed by atoms with Gasteiger partial charge in [0.25, 0.3) is 0 Å². The van der Waals surface area contributed by atoms with E-state index in [-0.39, 0.29) is 11.6 Å². The molecule has 7 heteroatoms. The van der Waals surface area contributed by atoms with Crippen LogP contribution in [0, 0.1) is 16.4 Å². The maximum absolute atomic E-state index is 14.3. The van der Waals surface area contributed by atoms with Crippen molar-refractivity contribution in [3.05, 3.63) is 70.5 Å². The molecule has 0 saturated heterocycles. The first-order valence-corrected chi connectivity index (χ1v) is 9.44. The molecular formula is C20H21F2N4S+. The van der Waals surface area contributed by atoms with Crippen LogP contribution >= 0.6 is 12.2 Å². The minimum Gasteiger partial charge on any atom is -0.315 e.